The minimum absolute atomic E-state index is 0.548. The third-order valence-corrected chi connectivity index (χ3v) is 3.52. The van der Waals surface area contributed by atoms with Crippen LogP contribution in [0.3, 0.4) is 0 Å². The zero-order valence-electron chi connectivity index (χ0n) is 11.6. The van der Waals surface area contributed by atoms with Gasteiger partial charge in [0.15, 0.2) is 0 Å². The molecule has 0 aliphatic carbocycles. The van der Waals surface area contributed by atoms with Gasteiger partial charge in [-0.05, 0) is 29.5 Å². The molecule has 5 heteroatoms. The van der Waals surface area contributed by atoms with Gasteiger partial charge in [-0.15, -0.1) is 0 Å². The summed E-state index contributed by atoms with van der Waals surface area (Å²) in [6.45, 7) is 5.94. The molecule has 0 saturated heterocycles. The zero-order chi connectivity index (χ0) is 14.1. The number of aromatic nitrogens is 4. The first-order valence-electron chi connectivity index (χ1n) is 6.74. The minimum Gasteiger partial charge on any atom is -0.340 e. The maximum atomic E-state index is 6.08. The Morgan fingerprint density at radius 1 is 1.25 bits per heavy atom. The molecule has 0 aliphatic heterocycles. The number of nitrogens with zero attached hydrogens (tertiary/aromatic N) is 4. The third kappa shape index (κ3) is 2.56. The summed E-state index contributed by atoms with van der Waals surface area (Å²) in [5.74, 6) is 1.52. The molecule has 2 heterocycles. The number of halogens is 1. The Bertz CT molecular complexity index is 726. The molecule has 20 heavy (non-hydrogen) atoms. The van der Waals surface area contributed by atoms with Crippen LogP contribution in [0.4, 0.5) is 0 Å². The molecule has 0 N–H and O–H groups in total. The van der Waals surface area contributed by atoms with Gasteiger partial charge in [0, 0.05) is 23.3 Å². The number of rotatable bonds is 4. The summed E-state index contributed by atoms with van der Waals surface area (Å²) >= 11 is 6.08. The van der Waals surface area contributed by atoms with E-state index in [9.17, 15) is 0 Å². The fourth-order valence-electron chi connectivity index (χ4n) is 2.36. The van der Waals surface area contributed by atoms with E-state index in [0.717, 1.165) is 22.9 Å². The normalized spacial score (nSPS) is 11.6. The fourth-order valence-corrected chi connectivity index (χ4v) is 2.52. The van der Waals surface area contributed by atoms with Crippen molar-refractivity contribution >= 4 is 22.5 Å². The summed E-state index contributed by atoms with van der Waals surface area (Å²) in [6, 6.07) is 8.03. The van der Waals surface area contributed by atoms with E-state index < -0.39 is 0 Å². The highest BCUT2D eigenvalue weighted by molar-refractivity contribution is 6.31. The molecule has 0 spiro atoms. The monoisotopic (exact) mass is 288 g/mol. The molecule has 0 fully saturated rings. The van der Waals surface area contributed by atoms with Crippen LogP contribution in [0.5, 0.6) is 0 Å². The van der Waals surface area contributed by atoms with Crippen LogP contribution in [0.25, 0.3) is 10.9 Å². The zero-order valence-corrected chi connectivity index (χ0v) is 12.4. The molecular formula is C15H17ClN4. The van der Waals surface area contributed by atoms with Gasteiger partial charge in [-0.3, -0.25) is 0 Å². The van der Waals surface area contributed by atoms with E-state index in [1.165, 1.54) is 5.39 Å². The predicted molar refractivity (Wildman–Crippen MR) is 80.9 cm³/mol. The van der Waals surface area contributed by atoms with Crippen LogP contribution in [-0.2, 0) is 13.1 Å². The van der Waals surface area contributed by atoms with Crippen LogP contribution in [0, 0.1) is 5.92 Å². The Kier molecular flexibility index (Phi) is 3.49. The first-order valence-corrected chi connectivity index (χ1v) is 7.12. The SMILES string of the molecule is CC(C)Cn1ncnc1Cn1ccc2ccc(Cl)cc21. The van der Waals surface area contributed by atoms with Crippen LogP contribution in [0.1, 0.15) is 19.7 Å². The molecule has 2 aromatic heterocycles. The van der Waals surface area contributed by atoms with Crippen molar-refractivity contribution in [3.63, 3.8) is 0 Å². The lowest BCUT2D eigenvalue weighted by Gasteiger charge is -2.10. The highest BCUT2D eigenvalue weighted by Gasteiger charge is 2.09. The summed E-state index contributed by atoms with van der Waals surface area (Å²) in [5.41, 5.74) is 1.12. The average Bonchev–Trinajstić information content (AvgIpc) is 2.98. The average molecular weight is 289 g/mol. The molecule has 104 valence electrons. The standard InChI is InChI=1S/C15H17ClN4/c1-11(2)8-20-15(17-10-18-20)9-19-6-5-12-3-4-13(16)7-14(12)19/h3-7,10-11H,8-9H2,1-2H3. The molecule has 4 nitrogen and oxygen atoms in total. The second-order valence-electron chi connectivity index (χ2n) is 5.40. The van der Waals surface area contributed by atoms with Crippen LogP contribution in [0.2, 0.25) is 5.02 Å². The number of fused-ring (bicyclic) bond motifs is 1. The molecule has 0 atom stereocenters. The topological polar surface area (TPSA) is 35.6 Å². The smallest absolute Gasteiger partial charge is 0.146 e. The lowest BCUT2D eigenvalue weighted by atomic mass is 10.2. The van der Waals surface area contributed by atoms with Gasteiger partial charge in [-0.25, -0.2) is 9.67 Å². The van der Waals surface area contributed by atoms with E-state index in [-0.39, 0.29) is 0 Å². The van der Waals surface area contributed by atoms with E-state index in [1.807, 2.05) is 22.9 Å². The van der Waals surface area contributed by atoms with Gasteiger partial charge in [-0.2, -0.15) is 5.10 Å². The highest BCUT2D eigenvalue weighted by atomic mass is 35.5. The largest absolute Gasteiger partial charge is 0.340 e. The van der Waals surface area contributed by atoms with Gasteiger partial charge in [0.1, 0.15) is 12.2 Å². The van der Waals surface area contributed by atoms with Crippen molar-refractivity contribution in [2.24, 2.45) is 5.92 Å². The molecule has 3 rings (SSSR count). The van der Waals surface area contributed by atoms with E-state index in [4.69, 9.17) is 11.6 Å². The van der Waals surface area contributed by atoms with Crippen molar-refractivity contribution in [1.29, 1.82) is 0 Å². The second kappa shape index (κ2) is 5.29. The molecule has 3 aromatic rings. The van der Waals surface area contributed by atoms with E-state index >= 15 is 0 Å². The lowest BCUT2D eigenvalue weighted by Crippen LogP contribution is -2.12. The quantitative estimate of drug-likeness (QED) is 0.735. The molecule has 0 aliphatic rings. The van der Waals surface area contributed by atoms with Crippen LogP contribution < -0.4 is 0 Å². The molecule has 0 bridgehead atoms. The van der Waals surface area contributed by atoms with Crippen molar-refractivity contribution in [1.82, 2.24) is 19.3 Å². The molecule has 0 unspecified atom stereocenters. The second-order valence-corrected chi connectivity index (χ2v) is 5.84. The van der Waals surface area contributed by atoms with Crippen molar-refractivity contribution < 1.29 is 0 Å². The van der Waals surface area contributed by atoms with Crippen LogP contribution >= 0.6 is 11.6 Å². The lowest BCUT2D eigenvalue weighted by molar-refractivity contribution is 0.462. The minimum atomic E-state index is 0.548. The predicted octanol–water partition coefficient (Wildman–Crippen LogP) is 3.59. The van der Waals surface area contributed by atoms with Crippen LogP contribution in [0.15, 0.2) is 36.8 Å². The van der Waals surface area contributed by atoms with Crippen molar-refractivity contribution in [2.75, 3.05) is 0 Å². The number of benzene rings is 1. The number of hydrogen-bond acceptors (Lipinski definition) is 2. The molecule has 0 amide bonds. The van der Waals surface area contributed by atoms with E-state index in [1.54, 1.807) is 6.33 Å². The summed E-state index contributed by atoms with van der Waals surface area (Å²) < 4.78 is 4.13. The molecule has 1 aromatic carbocycles. The van der Waals surface area contributed by atoms with Crippen molar-refractivity contribution in [3.8, 4) is 0 Å². The Morgan fingerprint density at radius 2 is 2.10 bits per heavy atom. The van der Waals surface area contributed by atoms with Gasteiger partial charge in [-0.1, -0.05) is 31.5 Å². The molecular weight excluding hydrogens is 272 g/mol. The van der Waals surface area contributed by atoms with Crippen molar-refractivity contribution in [2.45, 2.75) is 26.9 Å². The summed E-state index contributed by atoms with van der Waals surface area (Å²) in [4.78, 5) is 4.37. The summed E-state index contributed by atoms with van der Waals surface area (Å²) in [7, 11) is 0. The Balaban J connectivity index is 1.93. The van der Waals surface area contributed by atoms with Gasteiger partial charge in [0.2, 0.25) is 0 Å². The Labute approximate surface area is 123 Å². The fraction of sp³-hybridized carbons (Fsp3) is 0.333. The van der Waals surface area contributed by atoms with Gasteiger partial charge in [0.25, 0.3) is 0 Å². The Morgan fingerprint density at radius 3 is 2.90 bits per heavy atom. The molecule has 0 radical (unpaired) electrons. The first kappa shape index (κ1) is 13.2. The maximum Gasteiger partial charge on any atom is 0.146 e. The third-order valence-electron chi connectivity index (χ3n) is 3.28. The van der Waals surface area contributed by atoms with Crippen LogP contribution in [-0.4, -0.2) is 19.3 Å². The first-order chi connectivity index (χ1) is 9.63. The van der Waals surface area contributed by atoms with Gasteiger partial charge in [0.05, 0.1) is 6.54 Å². The van der Waals surface area contributed by atoms with Gasteiger partial charge < -0.3 is 4.57 Å². The highest BCUT2D eigenvalue weighted by Crippen LogP contribution is 2.21. The maximum absolute atomic E-state index is 6.08. The van der Waals surface area contributed by atoms with Gasteiger partial charge >= 0.3 is 0 Å². The number of hydrogen-bond donors (Lipinski definition) is 0. The van der Waals surface area contributed by atoms with E-state index in [0.29, 0.717) is 12.5 Å². The molecule has 0 saturated carbocycles. The van der Waals surface area contributed by atoms with E-state index in [2.05, 4.69) is 40.8 Å². The summed E-state index contributed by atoms with van der Waals surface area (Å²) in [5, 5.41) is 6.24. The summed E-state index contributed by atoms with van der Waals surface area (Å²) in [6.07, 6.45) is 3.69. The Hall–Kier alpha value is -1.81. The van der Waals surface area contributed by atoms with Crippen molar-refractivity contribution in [3.05, 3.63) is 47.6 Å².